The van der Waals surface area contributed by atoms with Crippen LogP contribution in [0.5, 0.6) is 0 Å². The van der Waals surface area contributed by atoms with Crippen LogP contribution in [0.4, 0.5) is 10.5 Å². The van der Waals surface area contributed by atoms with E-state index in [4.69, 9.17) is 5.73 Å². The fourth-order valence-electron chi connectivity index (χ4n) is 3.24. The number of carbonyl (C=O) groups excluding carboxylic acids is 3. The number of primary amides is 1. The van der Waals surface area contributed by atoms with Gasteiger partial charge in [-0.05, 0) is 36.5 Å². The maximum atomic E-state index is 13.0. The van der Waals surface area contributed by atoms with Crippen LogP contribution in [0, 0.1) is 5.92 Å². The zero-order valence-electron chi connectivity index (χ0n) is 20.8. The number of anilines is 1. The van der Waals surface area contributed by atoms with Gasteiger partial charge in [-0.3, -0.25) is 9.59 Å². The molecule has 33 heavy (non-hydrogen) atoms. The highest BCUT2D eigenvalue weighted by molar-refractivity contribution is 5.97. The second-order valence-corrected chi connectivity index (χ2v) is 9.26. The Labute approximate surface area is 198 Å². The van der Waals surface area contributed by atoms with Crippen molar-refractivity contribution in [1.82, 2.24) is 21.3 Å². The molecule has 0 aromatic heterocycles. The van der Waals surface area contributed by atoms with Crippen molar-refractivity contribution in [2.75, 3.05) is 11.9 Å². The van der Waals surface area contributed by atoms with Gasteiger partial charge in [-0.2, -0.15) is 0 Å². The molecule has 0 spiro atoms. The van der Waals surface area contributed by atoms with Crippen molar-refractivity contribution in [1.29, 1.82) is 0 Å². The molecule has 1 rings (SSSR count). The van der Waals surface area contributed by atoms with E-state index in [1.807, 2.05) is 52.0 Å². The maximum Gasteiger partial charge on any atom is 0.312 e. The van der Waals surface area contributed by atoms with Crippen molar-refractivity contribution in [2.24, 2.45) is 11.7 Å². The third-order valence-corrected chi connectivity index (χ3v) is 5.00. The third-order valence-electron chi connectivity index (χ3n) is 5.00. The number of urea groups is 1. The van der Waals surface area contributed by atoms with Crippen LogP contribution in [-0.4, -0.2) is 48.6 Å². The monoisotopic (exact) mass is 462 g/mol. The van der Waals surface area contributed by atoms with Gasteiger partial charge in [-0.15, -0.1) is 0 Å². The van der Waals surface area contributed by atoms with E-state index in [1.54, 1.807) is 0 Å². The van der Waals surface area contributed by atoms with E-state index in [-0.39, 0.29) is 23.8 Å². The summed E-state index contributed by atoms with van der Waals surface area (Å²) in [6.45, 7) is 13.1. The van der Waals surface area contributed by atoms with Gasteiger partial charge in [0.2, 0.25) is 11.8 Å². The number of rotatable bonds is 14. The van der Waals surface area contributed by atoms with Crippen molar-refractivity contribution in [2.45, 2.75) is 85.1 Å². The smallest absolute Gasteiger partial charge is 0.312 e. The summed E-state index contributed by atoms with van der Waals surface area (Å²) in [6.07, 6.45) is 0.853. The SMILES string of the molecule is CC(C)NCc1ccc(NC(=O)[C@H](CCCNC(N)=O)NC(=O)[C@@H](NC(C)C)C(C)C)cc1. The second-order valence-electron chi connectivity index (χ2n) is 9.26. The molecule has 0 aliphatic carbocycles. The molecule has 0 saturated heterocycles. The summed E-state index contributed by atoms with van der Waals surface area (Å²) < 4.78 is 0. The molecular formula is C24H42N6O3. The zero-order chi connectivity index (χ0) is 25.0. The van der Waals surface area contributed by atoms with Gasteiger partial charge in [0.05, 0.1) is 6.04 Å². The number of hydrogen-bond acceptors (Lipinski definition) is 5. The Bertz CT molecular complexity index is 749. The summed E-state index contributed by atoms with van der Waals surface area (Å²) in [5, 5.41) is 14.9. The van der Waals surface area contributed by atoms with Crippen LogP contribution in [0.25, 0.3) is 0 Å². The van der Waals surface area contributed by atoms with Gasteiger partial charge < -0.3 is 32.3 Å². The molecule has 0 radical (unpaired) electrons. The van der Waals surface area contributed by atoms with Crippen LogP contribution in [-0.2, 0) is 16.1 Å². The first-order valence-corrected chi connectivity index (χ1v) is 11.7. The quantitative estimate of drug-likeness (QED) is 0.235. The zero-order valence-corrected chi connectivity index (χ0v) is 20.8. The van der Waals surface area contributed by atoms with Gasteiger partial charge in [-0.1, -0.05) is 53.7 Å². The van der Waals surface area contributed by atoms with Crippen LogP contribution in [0.3, 0.4) is 0 Å². The number of nitrogens with two attached hydrogens (primary N) is 1. The fraction of sp³-hybridized carbons (Fsp3) is 0.625. The number of benzene rings is 1. The molecule has 1 aromatic rings. The minimum atomic E-state index is -0.746. The van der Waals surface area contributed by atoms with E-state index in [0.29, 0.717) is 31.1 Å². The van der Waals surface area contributed by atoms with E-state index < -0.39 is 18.1 Å². The standard InChI is InChI=1S/C24H42N6O3/c1-15(2)21(28-17(5)6)23(32)30-20(8-7-13-26-24(25)33)22(31)29-19-11-9-18(10-12-19)14-27-16(3)4/h9-12,15-17,20-21,27-28H,7-8,13-14H2,1-6H3,(H,29,31)(H,30,32)(H3,25,26,33)/t20-,21-/m0/s1. The average Bonchev–Trinajstić information content (AvgIpc) is 2.72. The van der Waals surface area contributed by atoms with Crippen LogP contribution < -0.4 is 32.3 Å². The fourth-order valence-corrected chi connectivity index (χ4v) is 3.24. The molecular weight excluding hydrogens is 420 g/mol. The lowest BCUT2D eigenvalue weighted by atomic mass is 10.0. The lowest BCUT2D eigenvalue weighted by Gasteiger charge is -2.27. The largest absolute Gasteiger partial charge is 0.352 e. The van der Waals surface area contributed by atoms with E-state index in [2.05, 4.69) is 40.4 Å². The molecule has 0 aliphatic rings. The first-order valence-electron chi connectivity index (χ1n) is 11.7. The molecule has 7 N–H and O–H groups in total. The highest BCUT2D eigenvalue weighted by Crippen LogP contribution is 2.12. The van der Waals surface area contributed by atoms with Gasteiger partial charge in [0, 0.05) is 30.9 Å². The van der Waals surface area contributed by atoms with Crippen molar-refractivity contribution in [3.8, 4) is 0 Å². The predicted octanol–water partition coefficient (Wildman–Crippen LogP) is 2.08. The van der Waals surface area contributed by atoms with Gasteiger partial charge in [0.1, 0.15) is 6.04 Å². The summed E-state index contributed by atoms with van der Waals surface area (Å²) >= 11 is 0. The van der Waals surface area contributed by atoms with Crippen molar-refractivity contribution in [3.05, 3.63) is 29.8 Å². The number of hydrogen-bond donors (Lipinski definition) is 6. The molecule has 2 atom stereocenters. The minimum absolute atomic E-state index is 0.0552. The van der Waals surface area contributed by atoms with Crippen LogP contribution in [0.2, 0.25) is 0 Å². The molecule has 9 nitrogen and oxygen atoms in total. The maximum absolute atomic E-state index is 13.0. The van der Waals surface area contributed by atoms with Crippen LogP contribution in [0.1, 0.15) is 59.9 Å². The molecule has 0 fully saturated rings. The highest BCUT2D eigenvalue weighted by Gasteiger charge is 2.27. The highest BCUT2D eigenvalue weighted by atomic mass is 16.2. The summed E-state index contributed by atoms with van der Waals surface area (Å²) in [7, 11) is 0. The van der Waals surface area contributed by atoms with Gasteiger partial charge in [0.15, 0.2) is 0 Å². The molecule has 0 heterocycles. The predicted molar refractivity (Wildman–Crippen MR) is 133 cm³/mol. The number of amides is 4. The van der Waals surface area contributed by atoms with E-state index >= 15 is 0 Å². The first kappa shape index (κ1) is 28.4. The molecule has 0 bridgehead atoms. The van der Waals surface area contributed by atoms with Gasteiger partial charge in [0.25, 0.3) is 0 Å². The van der Waals surface area contributed by atoms with Crippen LogP contribution in [0.15, 0.2) is 24.3 Å². The number of carbonyl (C=O) groups is 3. The Balaban J connectivity index is 2.85. The van der Waals surface area contributed by atoms with Gasteiger partial charge >= 0.3 is 6.03 Å². The van der Waals surface area contributed by atoms with E-state index in [1.165, 1.54) is 0 Å². The second kappa shape index (κ2) is 14.5. The Kier molecular flexibility index (Phi) is 12.5. The lowest BCUT2D eigenvalue weighted by molar-refractivity contribution is -0.129. The van der Waals surface area contributed by atoms with E-state index in [9.17, 15) is 14.4 Å². The van der Waals surface area contributed by atoms with Crippen molar-refractivity contribution < 1.29 is 14.4 Å². The molecule has 4 amide bonds. The van der Waals surface area contributed by atoms with Gasteiger partial charge in [-0.25, -0.2) is 4.79 Å². The summed E-state index contributed by atoms with van der Waals surface area (Å²) in [4.78, 5) is 36.9. The molecule has 1 aromatic carbocycles. The van der Waals surface area contributed by atoms with Crippen molar-refractivity contribution >= 4 is 23.5 Å². The van der Waals surface area contributed by atoms with Crippen molar-refractivity contribution in [3.63, 3.8) is 0 Å². The first-order chi connectivity index (χ1) is 15.5. The summed E-state index contributed by atoms with van der Waals surface area (Å²) in [5.41, 5.74) is 6.88. The normalized spacial score (nSPS) is 13.1. The topological polar surface area (TPSA) is 137 Å². The lowest BCUT2D eigenvalue weighted by Crippen LogP contribution is -2.54. The number of nitrogens with one attached hydrogen (secondary N) is 5. The Morgan fingerprint density at radius 3 is 2.06 bits per heavy atom. The minimum Gasteiger partial charge on any atom is -0.352 e. The Morgan fingerprint density at radius 1 is 0.909 bits per heavy atom. The molecule has 0 unspecified atom stereocenters. The molecule has 0 saturated carbocycles. The third kappa shape index (κ3) is 11.7. The molecule has 186 valence electrons. The average molecular weight is 463 g/mol. The molecule has 9 heteroatoms. The summed E-state index contributed by atoms with van der Waals surface area (Å²) in [6, 6.07) is 6.33. The van der Waals surface area contributed by atoms with E-state index in [0.717, 1.165) is 12.1 Å². The Hall–Kier alpha value is -2.65. The van der Waals surface area contributed by atoms with Crippen LogP contribution >= 0.6 is 0 Å². The Morgan fingerprint density at radius 2 is 1.55 bits per heavy atom. The summed E-state index contributed by atoms with van der Waals surface area (Å²) in [5.74, 6) is -0.473. The molecule has 0 aliphatic heterocycles.